The molecule has 7 heteroatoms. The molecule has 3 heterocycles. The van der Waals surface area contributed by atoms with Crippen molar-refractivity contribution in [3.05, 3.63) is 53.6 Å². The largest absolute Gasteiger partial charge is 0.442 e. The van der Waals surface area contributed by atoms with Crippen molar-refractivity contribution >= 4 is 6.09 Å². The Morgan fingerprint density at radius 1 is 1.24 bits per heavy atom. The molecule has 0 bridgehead atoms. The Morgan fingerprint density at radius 3 is 2.76 bits per heavy atom. The molecule has 2 unspecified atom stereocenters. The lowest BCUT2D eigenvalue weighted by molar-refractivity contribution is 0.120. The summed E-state index contributed by atoms with van der Waals surface area (Å²) in [4.78, 5) is 16.3. The number of ether oxygens (including phenoxy) is 1. The molecule has 25 heavy (non-hydrogen) atoms. The first-order valence-electron chi connectivity index (χ1n) is 8.50. The van der Waals surface area contributed by atoms with Crippen LogP contribution in [-0.2, 0) is 24.8 Å². The maximum Gasteiger partial charge on any atom is 0.410 e. The van der Waals surface area contributed by atoms with E-state index in [2.05, 4.69) is 10.00 Å². The number of nitrogens with zero attached hydrogens (tertiary/aromatic N) is 4. The lowest BCUT2D eigenvalue weighted by Crippen LogP contribution is -2.39. The van der Waals surface area contributed by atoms with Gasteiger partial charge in [-0.05, 0) is 24.1 Å². The quantitative estimate of drug-likeness (QED) is 0.830. The third-order valence-electron chi connectivity index (χ3n) is 4.92. The van der Waals surface area contributed by atoms with Gasteiger partial charge in [0.2, 0.25) is 0 Å². The van der Waals surface area contributed by atoms with E-state index in [9.17, 15) is 9.18 Å². The van der Waals surface area contributed by atoms with Crippen molar-refractivity contribution in [2.45, 2.75) is 25.1 Å². The first kappa shape index (κ1) is 16.1. The van der Waals surface area contributed by atoms with Crippen LogP contribution in [0.4, 0.5) is 9.18 Å². The van der Waals surface area contributed by atoms with Crippen molar-refractivity contribution in [3.8, 4) is 0 Å². The number of amides is 1. The van der Waals surface area contributed by atoms with Gasteiger partial charge in [-0.15, -0.1) is 0 Å². The molecular formula is C18H21FN4O2. The van der Waals surface area contributed by atoms with Crippen LogP contribution in [0.1, 0.15) is 11.1 Å². The summed E-state index contributed by atoms with van der Waals surface area (Å²) in [5, 5.41) is 4.19. The summed E-state index contributed by atoms with van der Waals surface area (Å²) in [6.07, 6.45) is 4.26. The van der Waals surface area contributed by atoms with Gasteiger partial charge in [-0.2, -0.15) is 5.10 Å². The molecule has 4 rings (SSSR count). The van der Waals surface area contributed by atoms with Crippen molar-refractivity contribution in [1.82, 2.24) is 19.6 Å². The monoisotopic (exact) mass is 344 g/mol. The van der Waals surface area contributed by atoms with Crippen molar-refractivity contribution in [3.63, 3.8) is 0 Å². The van der Waals surface area contributed by atoms with Crippen LogP contribution in [0.15, 0.2) is 36.7 Å². The Balaban J connectivity index is 1.36. The smallest absolute Gasteiger partial charge is 0.410 e. The van der Waals surface area contributed by atoms with E-state index in [1.165, 1.54) is 12.1 Å². The van der Waals surface area contributed by atoms with Gasteiger partial charge in [0.05, 0.1) is 12.2 Å². The van der Waals surface area contributed by atoms with Crippen LogP contribution >= 0.6 is 0 Å². The van der Waals surface area contributed by atoms with Crippen LogP contribution in [0.5, 0.6) is 0 Å². The van der Waals surface area contributed by atoms with E-state index >= 15 is 0 Å². The molecule has 0 saturated carbocycles. The van der Waals surface area contributed by atoms with Crippen molar-refractivity contribution < 1.29 is 13.9 Å². The third kappa shape index (κ3) is 3.37. The summed E-state index contributed by atoms with van der Waals surface area (Å²) in [5.41, 5.74) is 2.18. The molecule has 1 amide bonds. The molecule has 1 aromatic carbocycles. The second kappa shape index (κ2) is 6.48. The predicted octanol–water partition coefficient (Wildman–Crippen LogP) is 1.81. The molecular weight excluding hydrogens is 323 g/mol. The molecule has 2 atom stereocenters. The molecule has 132 valence electrons. The number of aryl methyl sites for hydroxylation is 1. The number of carbonyl (C=O) groups excluding carboxylic acids is 1. The lowest BCUT2D eigenvalue weighted by Gasteiger charge is -2.22. The molecule has 6 nitrogen and oxygen atoms in total. The number of benzene rings is 1. The van der Waals surface area contributed by atoms with Gasteiger partial charge in [0.15, 0.2) is 0 Å². The summed E-state index contributed by atoms with van der Waals surface area (Å²) in [6.45, 7) is 2.95. The fraction of sp³-hybridized carbons (Fsp3) is 0.444. The van der Waals surface area contributed by atoms with Gasteiger partial charge in [0.25, 0.3) is 0 Å². The number of aromatic nitrogens is 2. The molecule has 0 aliphatic carbocycles. The zero-order valence-corrected chi connectivity index (χ0v) is 14.1. The standard InChI is InChI=1S/C18H21FN4O2/c1-21-9-14(8-20-21)10-22-11-16-17(12-22)25-18(24)23(16)7-6-13-2-4-15(19)5-3-13/h2-5,8-9,16-17H,6-7,10-12H2,1H3. The minimum absolute atomic E-state index is 0.0719. The fourth-order valence-corrected chi connectivity index (χ4v) is 3.68. The zero-order valence-electron chi connectivity index (χ0n) is 14.1. The van der Waals surface area contributed by atoms with Crippen LogP contribution in [0.2, 0.25) is 0 Å². The van der Waals surface area contributed by atoms with Gasteiger partial charge in [0.1, 0.15) is 11.9 Å². The number of carbonyl (C=O) groups is 1. The van der Waals surface area contributed by atoms with E-state index in [1.54, 1.807) is 16.8 Å². The molecule has 0 radical (unpaired) electrons. The van der Waals surface area contributed by atoms with Gasteiger partial charge in [-0.3, -0.25) is 14.5 Å². The van der Waals surface area contributed by atoms with Gasteiger partial charge < -0.3 is 4.74 Å². The van der Waals surface area contributed by atoms with Crippen LogP contribution < -0.4 is 0 Å². The minimum Gasteiger partial charge on any atom is -0.442 e. The third-order valence-corrected chi connectivity index (χ3v) is 4.92. The molecule has 2 saturated heterocycles. The van der Waals surface area contributed by atoms with Gasteiger partial charge in [-0.1, -0.05) is 12.1 Å². The summed E-state index contributed by atoms with van der Waals surface area (Å²) < 4.78 is 20.3. The number of likely N-dealkylation sites (tertiary alicyclic amines) is 1. The van der Waals surface area contributed by atoms with E-state index in [0.29, 0.717) is 13.0 Å². The molecule has 2 aliphatic heterocycles. The highest BCUT2D eigenvalue weighted by molar-refractivity contribution is 5.71. The summed E-state index contributed by atoms with van der Waals surface area (Å²) in [5.74, 6) is -0.244. The lowest BCUT2D eigenvalue weighted by atomic mass is 10.1. The zero-order chi connectivity index (χ0) is 17.4. The van der Waals surface area contributed by atoms with Crippen LogP contribution in [0, 0.1) is 5.82 Å². The van der Waals surface area contributed by atoms with E-state index in [4.69, 9.17) is 4.74 Å². The van der Waals surface area contributed by atoms with E-state index in [0.717, 1.165) is 30.8 Å². The van der Waals surface area contributed by atoms with Crippen LogP contribution in [-0.4, -0.2) is 57.5 Å². The van der Waals surface area contributed by atoms with Gasteiger partial charge in [-0.25, -0.2) is 9.18 Å². The van der Waals surface area contributed by atoms with Gasteiger partial charge >= 0.3 is 6.09 Å². The second-order valence-corrected chi connectivity index (χ2v) is 6.78. The Hall–Kier alpha value is -2.41. The minimum atomic E-state index is -0.244. The summed E-state index contributed by atoms with van der Waals surface area (Å²) in [7, 11) is 1.90. The number of halogens is 1. The molecule has 0 spiro atoms. The van der Waals surface area contributed by atoms with E-state index < -0.39 is 0 Å². The average molecular weight is 344 g/mol. The maximum atomic E-state index is 13.0. The highest BCUT2D eigenvalue weighted by atomic mass is 19.1. The predicted molar refractivity (Wildman–Crippen MR) is 89.4 cm³/mol. The second-order valence-electron chi connectivity index (χ2n) is 6.78. The van der Waals surface area contributed by atoms with Crippen LogP contribution in [0.25, 0.3) is 0 Å². The normalized spacial score (nSPS) is 23.1. The topological polar surface area (TPSA) is 50.6 Å². The molecule has 2 aliphatic rings. The van der Waals surface area contributed by atoms with Crippen LogP contribution in [0.3, 0.4) is 0 Å². The molecule has 2 aromatic rings. The SMILES string of the molecule is Cn1cc(CN2CC3OC(=O)N(CCc4ccc(F)cc4)C3C2)cn1. The molecule has 0 N–H and O–H groups in total. The summed E-state index contributed by atoms with van der Waals surface area (Å²) in [6, 6.07) is 6.51. The highest BCUT2D eigenvalue weighted by Crippen LogP contribution is 2.28. The van der Waals surface area contributed by atoms with Crippen molar-refractivity contribution in [2.75, 3.05) is 19.6 Å². The van der Waals surface area contributed by atoms with Crippen molar-refractivity contribution in [2.24, 2.45) is 7.05 Å². The highest BCUT2D eigenvalue weighted by Gasteiger charge is 2.47. The Morgan fingerprint density at radius 2 is 2.04 bits per heavy atom. The number of rotatable bonds is 5. The number of hydrogen-bond donors (Lipinski definition) is 0. The Kier molecular flexibility index (Phi) is 4.17. The molecule has 1 aromatic heterocycles. The number of hydrogen-bond acceptors (Lipinski definition) is 4. The Bertz CT molecular complexity index is 761. The Labute approximate surface area is 145 Å². The van der Waals surface area contributed by atoms with Crippen molar-refractivity contribution in [1.29, 1.82) is 0 Å². The maximum absolute atomic E-state index is 13.0. The summed E-state index contributed by atoms with van der Waals surface area (Å²) >= 11 is 0. The number of fused-ring (bicyclic) bond motifs is 1. The fourth-order valence-electron chi connectivity index (χ4n) is 3.68. The van der Waals surface area contributed by atoms with Gasteiger partial charge in [0, 0.05) is 45.0 Å². The van der Waals surface area contributed by atoms with E-state index in [1.807, 2.05) is 24.3 Å². The molecule has 2 fully saturated rings. The first-order valence-corrected chi connectivity index (χ1v) is 8.50. The average Bonchev–Trinajstić information content (AvgIpc) is 3.23. The first-order chi connectivity index (χ1) is 12.1. The van der Waals surface area contributed by atoms with E-state index in [-0.39, 0.29) is 24.1 Å².